The molecule has 0 spiro atoms. The number of nitrogens with one attached hydrogen (secondary N) is 1. The van der Waals surface area contributed by atoms with Gasteiger partial charge in [0.25, 0.3) is 0 Å². The maximum absolute atomic E-state index is 12.4. The molecule has 0 aliphatic rings. The van der Waals surface area contributed by atoms with Crippen LogP contribution >= 0.6 is 0 Å². The van der Waals surface area contributed by atoms with Crippen molar-refractivity contribution in [2.24, 2.45) is 0 Å². The Morgan fingerprint density at radius 3 is 0.945 bits per heavy atom. The summed E-state index contributed by atoms with van der Waals surface area (Å²) in [6.07, 6.45) is 60.7. The SMILES string of the molecule is CCCCCCCCCCCCC/C=C/C(O)C(CO)NC(=O)CCCCCCCCCCCCCCCCCCCCCCCCCCCCCCCC. The molecule has 2 unspecified atom stereocenters. The molecule has 2 atom stereocenters. The first kappa shape index (κ1) is 54.1. The largest absolute Gasteiger partial charge is 0.394 e. The van der Waals surface area contributed by atoms with Gasteiger partial charge < -0.3 is 15.5 Å². The van der Waals surface area contributed by atoms with Gasteiger partial charge in [-0.1, -0.05) is 276 Å². The Labute approximate surface area is 346 Å². The fourth-order valence-electron chi connectivity index (χ4n) is 8.12. The van der Waals surface area contributed by atoms with Crippen molar-refractivity contribution in [2.45, 2.75) is 302 Å². The Hall–Kier alpha value is -0.870. The zero-order valence-electron chi connectivity index (χ0n) is 37.7. The number of aliphatic hydroxyl groups excluding tert-OH is 2. The topological polar surface area (TPSA) is 69.6 Å². The van der Waals surface area contributed by atoms with E-state index >= 15 is 0 Å². The van der Waals surface area contributed by atoms with Crippen LogP contribution in [0.5, 0.6) is 0 Å². The molecule has 0 aliphatic heterocycles. The molecule has 0 rings (SSSR count). The van der Waals surface area contributed by atoms with E-state index in [2.05, 4.69) is 19.2 Å². The second-order valence-corrected chi connectivity index (χ2v) is 17.6. The molecule has 3 N–H and O–H groups in total. The Kier molecular flexibility index (Phi) is 46.8. The van der Waals surface area contributed by atoms with E-state index in [4.69, 9.17) is 0 Å². The van der Waals surface area contributed by atoms with E-state index < -0.39 is 12.1 Å². The van der Waals surface area contributed by atoms with Crippen LogP contribution in [-0.4, -0.2) is 34.9 Å². The highest BCUT2D eigenvalue weighted by molar-refractivity contribution is 5.76. The van der Waals surface area contributed by atoms with Crippen LogP contribution in [0.3, 0.4) is 0 Å². The monoisotopic (exact) mass is 776 g/mol. The fraction of sp³-hybridized carbons (Fsp3) is 0.941. The van der Waals surface area contributed by atoms with Crippen molar-refractivity contribution in [1.29, 1.82) is 0 Å². The second kappa shape index (κ2) is 47.5. The minimum absolute atomic E-state index is 0.0583. The fourth-order valence-corrected chi connectivity index (χ4v) is 8.12. The van der Waals surface area contributed by atoms with Crippen LogP contribution in [0.25, 0.3) is 0 Å². The van der Waals surface area contributed by atoms with Gasteiger partial charge in [0.15, 0.2) is 0 Å². The molecular formula is C51H101NO3. The van der Waals surface area contributed by atoms with Crippen molar-refractivity contribution in [3.63, 3.8) is 0 Å². The van der Waals surface area contributed by atoms with Crippen LogP contribution in [-0.2, 0) is 4.79 Å². The van der Waals surface area contributed by atoms with Crippen molar-refractivity contribution in [2.75, 3.05) is 6.61 Å². The Bertz CT molecular complexity index is 754. The van der Waals surface area contributed by atoms with Crippen molar-refractivity contribution in [3.05, 3.63) is 12.2 Å². The molecule has 1 amide bonds. The number of amides is 1. The van der Waals surface area contributed by atoms with E-state index in [9.17, 15) is 15.0 Å². The number of unbranched alkanes of at least 4 members (excludes halogenated alkanes) is 40. The highest BCUT2D eigenvalue weighted by Crippen LogP contribution is 2.17. The first-order chi connectivity index (χ1) is 27.2. The first-order valence-corrected chi connectivity index (χ1v) is 25.4. The molecule has 0 heterocycles. The van der Waals surface area contributed by atoms with E-state index in [0.29, 0.717) is 6.42 Å². The van der Waals surface area contributed by atoms with Crippen molar-refractivity contribution >= 4 is 5.91 Å². The summed E-state index contributed by atoms with van der Waals surface area (Å²) in [4.78, 5) is 12.4. The van der Waals surface area contributed by atoms with Gasteiger partial charge in [-0.15, -0.1) is 0 Å². The van der Waals surface area contributed by atoms with Gasteiger partial charge in [0.05, 0.1) is 18.8 Å². The van der Waals surface area contributed by atoms with Crippen LogP contribution in [0.15, 0.2) is 12.2 Å². The number of hydrogen-bond donors (Lipinski definition) is 3. The zero-order valence-corrected chi connectivity index (χ0v) is 37.7. The van der Waals surface area contributed by atoms with E-state index in [1.807, 2.05) is 6.08 Å². The van der Waals surface area contributed by atoms with Crippen LogP contribution in [0.1, 0.15) is 290 Å². The van der Waals surface area contributed by atoms with Crippen molar-refractivity contribution < 1.29 is 15.0 Å². The first-order valence-electron chi connectivity index (χ1n) is 25.4. The third kappa shape index (κ3) is 44.1. The molecule has 0 aliphatic carbocycles. The molecule has 0 aromatic rings. The smallest absolute Gasteiger partial charge is 0.220 e. The summed E-state index contributed by atoms with van der Waals surface area (Å²) in [7, 11) is 0. The highest BCUT2D eigenvalue weighted by atomic mass is 16.3. The van der Waals surface area contributed by atoms with Gasteiger partial charge in [-0.3, -0.25) is 4.79 Å². The molecule has 0 fully saturated rings. The summed E-state index contributed by atoms with van der Waals surface area (Å²) in [5.41, 5.74) is 0. The van der Waals surface area contributed by atoms with Crippen LogP contribution in [0.2, 0.25) is 0 Å². The molecule has 4 heteroatoms. The number of allylic oxidation sites excluding steroid dienone is 1. The molecule has 0 bridgehead atoms. The van der Waals surface area contributed by atoms with Gasteiger partial charge in [0.2, 0.25) is 5.91 Å². The van der Waals surface area contributed by atoms with Crippen LogP contribution in [0, 0.1) is 0 Å². The average molecular weight is 776 g/mol. The zero-order chi connectivity index (χ0) is 40.0. The minimum atomic E-state index is -0.833. The Balaban J connectivity index is 3.40. The normalized spacial score (nSPS) is 12.9. The van der Waals surface area contributed by atoms with Gasteiger partial charge >= 0.3 is 0 Å². The molecule has 328 valence electrons. The third-order valence-corrected chi connectivity index (χ3v) is 12.0. The highest BCUT2D eigenvalue weighted by Gasteiger charge is 2.18. The van der Waals surface area contributed by atoms with E-state index in [1.54, 1.807) is 6.08 Å². The number of carbonyl (C=O) groups is 1. The molecule has 55 heavy (non-hydrogen) atoms. The quantitative estimate of drug-likeness (QED) is 0.0426. The van der Waals surface area contributed by atoms with Gasteiger partial charge in [0.1, 0.15) is 0 Å². The molecule has 0 aromatic heterocycles. The summed E-state index contributed by atoms with van der Waals surface area (Å²) in [5.74, 6) is -0.0583. The van der Waals surface area contributed by atoms with Gasteiger partial charge in [-0.25, -0.2) is 0 Å². The summed E-state index contributed by atoms with van der Waals surface area (Å²) >= 11 is 0. The van der Waals surface area contributed by atoms with E-state index in [-0.39, 0.29) is 12.5 Å². The summed E-state index contributed by atoms with van der Waals surface area (Å²) in [6, 6.07) is -0.616. The van der Waals surface area contributed by atoms with Gasteiger partial charge in [0, 0.05) is 6.42 Å². The van der Waals surface area contributed by atoms with Crippen molar-refractivity contribution in [1.82, 2.24) is 5.32 Å². The number of rotatable bonds is 47. The summed E-state index contributed by atoms with van der Waals surface area (Å²) in [5, 5.41) is 23.0. The van der Waals surface area contributed by atoms with E-state index in [1.165, 1.54) is 244 Å². The van der Waals surface area contributed by atoms with Gasteiger partial charge in [-0.2, -0.15) is 0 Å². The predicted molar refractivity (Wildman–Crippen MR) is 244 cm³/mol. The molecular weight excluding hydrogens is 675 g/mol. The lowest BCUT2D eigenvalue weighted by Gasteiger charge is -2.20. The summed E-state index contributed by atoms with van der Waals surface area (Å²) in [6.45, 7) is 4.33. The molecule has 0 saturated heterocycles. The maximum Gasteiger partial charge on any atom is 0.220 e. The van der Waals surface area contributed by atoms with Crippen LogP contribution in [0.4, 0.5) is 0 Å². The van der Waals surface area contributed by atoms with Crippen LogP contribution < -0.4 is 5.32 Å². The molecule has 4 nitrogen and oxygen atoms in total. The van der Waals surface area contributed by atoms with Gasteiger partial charge in [-0.05, 0) is 19.3 Å². The Morgan fingerprint density at radius 2 is 0.673 bits per heavy atom. The van der Waals surface area contributed by atoms with Crippen molar-refractivity contribution in [3.8, 4) is 0 Å². The lowest BCUT2D eigenvalue weighted by molar-refractivity contribution is -0.123. The summed E-state index contributed by atoms with van der Waals surface area (Å²) < 4.78 is 0. The standard InChI is InChI=1S/C51H101NO3/c1-3-5-7-9-11-13-15-17-18-19-20-21-22-23-24-25-26-27-28-29-30-31-32-33-35-37-39-41-43-45-47-51(55)52-49(48-53)50(54)46-44-42-40-38-36-34-16-14-12-10-8-6-4-2/h44,46,49-50,53-54H,3-43,45,47-48H2,1-2H3,(H,52,55)/b46-44+. The number of carbonyl (C=O) groups excluding carboxylic acids is 1. The Morgan fingerprint density at radius 1 is 0.418 bits per heavy atom. The molecule has 0 radical (unpaired) electrons. The second-order valence-electron chi connectivity index (χ2n) is 17.6. The number of aliphatic hydroxyl groups is 2. The average Bonchev–Trinajstić information content (AvgIpc) is 3.19. The third-order valence-electron chi connectivity index (χ3n) is 12.0. The maximum atomic E-state index is 12.4. The molecule has 0 aromatic carbocycles. The number of hydrogen-bond acceptors (Lipinski definition) is 3. The lowest BCUT2D eigenvalue weighted by atomic mass is 10.0. The lowest BCUT2D eigenvalue weighted by Crippen LogP contribution is -2.45. The van der Waals surface area contributed by atoms with E-state index in [0.717, 1.165) is 25.7 Å². The minimum Gasteiger partial charge on any atom is -0.394 e. The predicted octanol–water partition coefficient (Wildman–Crippen LogP) is 16.2. The molecule has 0 saturated carbocycles.